The predicted molar refractivity (Wildman–Crippen MR) is 85.5 cm³/mol. The molecule has 0 spiro atoms. The number of carbonyl (C=O) groups is 1. The second kappa shape index (κ2) is 6.85. The summed E-state index contributed by atoms with van der Waals surface area (Å²) in [5, 5.41) is 0.556. The first-order valence-corrected chi connectivity index (χ1v) is 8.64. The Morgan fingerprint density at radius 2 is 1.95 bits per heavy atom. The van der Waals surface area contributed by atoms with Gasteiger partial charge < -0.3 is 14.5 Å². The maximum absolute atomic E-state index is 12.4. The number of hydrogen-bond acceptors (Lipinski definition) is 5. The molecule has 2 fully saturated rings. The quantitative estimate of drug-likeness (QED) is 0.828. The van der Waals surface area contributed by atoms with E-state index in [0.29, 0.717) is 36.9 Å². The molecule has 0 N–H and O–H groups in total. The van der Waals surface area contributed by atoms with E-state index >= 15 is 0 Å². The molecule has 0 atom stereocenters. The van der Waals surface area contributed by atoms with Crippen molar-refractivity contribution in [1.29, 1.82) is 0 Å². The third-order valence-electron chi connectivity index (χ3n) is 3.68. The standard InChI is InChI=1S/C14H18ClN3O2S/c15-12-9-11(14(19)18-1-5-20-6-2-18)10-16-13(12)17-3-7-21-8-4-17/h9-10H,1-8H2. The molecule has 0 aliphatic carbocycles. The van der Waals surface area contributed by atoms with Gasteiger partial charge in [-0.2, -0.15) is 11.8 Å². The first-order valence-electron chi connectivity index (χ1n) is 7.11. The summed E-state index contributed by atoms with van der Waals surface area (Å²) < 4.78 is 5.26. The number of amides is 1. The molecule has 0 aromatic carbocycles. The second-order valence-electron chi connectivity index (χ2n) is 5.03. The van der Waals surface area contributed by atoms with Crippen LogP contribution in [0.3, 0.4) is 0 Å². The Kier molecular flexibility index (Phi) is 4.87. The largest absolute Gasteiger partial charge is 0.378 e. The van der Waals surface area contributed by atoms with Gasteiger partial charge in [0.2, 0.25) is 0 Å². The van der Waals surface area contributed by atoms with Gasteiger partial charge in [0.25, 0.3) is 5.91 Å². The number of anilines is 1. The molecular formula is C14H18ClN3O2S. The Bertz CT molecular complexity index is 517. The van der Waals surface area contributed by atoms with Crippen LogP contribution in [0.5, 0.6) is 0 Å². The van der Waals surface area contributed by atoms with E-state index in [-0.39, 0.29) is 5.91 Å². The fourth-order valence-electron chi connectivity index (χ4n) is 2.50. The smallest absolute Gasteiger partial charge is 0.255 e. The van der Waals surface area contributed by atoms with Crippen molar-refractivity contribution < 1.29 is 9.53 Å². The van der Waals surface area contributed by atoms with E-state index in [1.54, 1.807) is 17.2 Å². The van der Waals surface area contributed by atoms with Crippen LogP contribution in [-0.4, -0.2) is 66.7 Å². The SMILES string of the molecule is O=C(c1cnc(N2CCSCC2)c(Cl)c1)N1CCOCC1. The minimum absolute atomic E-state index is 0.0200. The van der Waals surface area contributed by atoms with Crippen LogP contribution in [0.2, 0.25) is 5.02 Å². The lowest BCUT2D eigenvalue weighted by Gasteiger charge is -2.29. The maximum atomic E-state index is 12.4. The predicted octanol–water partition coefficient (Wildman–Crippen LogP) is 1.76. The van der Waals surface area contributed by atoms with Crippen molar-refractivity contribution in [2.24, 2.45) is 0 Å². The summed E-state index contributed by atoms with van der Waals surface area (Å²) in [6, 6.07) is 1.74. The van der Waals surface area contributed by atoms with Gasteiger partial charge in [0.15, 0.2) is 0 Å². The summed E-state index contributed by atoms with van der Waals surface area (Å²) in [7, 11) is 0. The van der Waals surface area contributed by atoms with E-state index in [4.69, 9.17) is 16.3 Å². The maximum Gasteiger partial charge on any atom is 0.255 e. The zero-order valence-corrected chi connectivity index (χ0v) is 13.3. The molecule has 0 bridgehead atoms. The molecule has 1 amide bonds. The van der Waals surface area contributed by atoms with Gasteiger partial charge in [0.1, 0.15) is 5.82 Å². The molecular weight excluding hydrogens is 310 g/mol. The van der Waals surface area contributed by atoms with Crippen molar-refractivity contribution >= 4 is 35.1 Å². The summed E-state index contributed by atoms with van der Waals surface area (Å²) in [4.78, 5) is 20.8. The zero-order valence-electron chi connectivity index (χ0n) is 11.8. The summed E-state index contributed by atoms with van der Waals surface area (Å²) in [6.45, 7) is 4.35. The Morgan fingerprint density at radius 1 is 1.24 bits per heavy atom. The Balaban J connectivity index is 1.75. The lowest BCUT2D eigenvalue weighted by molar-refractivity contribution is 0.0302. The molecule has 0 unspecified atom stereocenters. The Hall–Kier alpha value is -0.980. The first-order chi connectivity index (χ1) is 10.3. The fraction of sp³-hybridized carbons (Fsp3) is 0.571. The van der Waals surface area contributed by atoms with E-state index < -0.39 is 0 Å². The van der Waals surface area contributed by atoms with E-state index in [1.165, 1.54) is 0 Å². The molecule has 2 aliphatic rings. The molecule has 5 nitrogen and oxygen atoms in total. The van der Waals surface area contributed by atoms with E-state index in [2.05, 4.69) is 9.88 Å². The minimum atomic E-state index is -0.0200. The number of nitrogens with zero attached hydrogens (tertiary/aromatic N) is 3. The van der Waals surface area contributed by atoms with Gasteiger partial charge in [-0.15, -0.1) is 0 Å². The van der Waals surface area contributed by atoms with Gasteiger partial charge in [0.05, 0.1) is 23.8 Å². The Labute approximate surface area is 133 Å². The average molecular weight is 328 g/mol. The van der Waals surface area contributed by atoms with Gasteiger partial charge in [-0.25, -0.2) is 4.98 Å². The normalized spacial score (nSPS) is 19.7. The molecule has 2 aliphatic heterocycles. The van der Waals surface area contributed by atoms with E-state index in [0.717, 1.165) is 30.4 Å². The zero-order chi connectivity index (χ0) is 14.7. The number of pyridine rings is 1. The van der Waals surface area contributed by atoms with E-state index in [9.17, 15) is 4.79 Å². The van der Waals surface area contributed by atoms with Crippen molar-refractivity contribution in [3.8, 4) is 0 Å². The highest BCUT2D eigenvalue weighted by molar-refractivity contribution is 7.99. The molecule has 3 heterocycles. The number of ether oxygens (including phenoxy) is 1. The highest BCUT2D eigenvalue weighted by Crippen LogP contribution is 2.26. The van der Waals surface area contributed by atoms with Crippen LogP contribution in [0, 0.1) is 0 Å². The molecule has 1 aromatic heterocycles. The van der Waals surface area contributed by atoms with Crippen molar-refractivity contribution in [2.45, 2.75) is 0 Å². The van der Waals surface area contributed by atoms with Gasteiger partial charge in [0, 0.05) is 43.9 Å². The molecule has 0 saturated carbocycles. The third kappa shape index (κ3) is 3.44. The van der Waals surface area contributed by atoms with Crippen LogP contribution in [0.25, 0.3) is 0 Å². The van der Waals surface area contributed by atoms with Gasteiger partial charge in [-0.3, -0.25) is 4.79 Å². The summed E-state index contributed by atoms with van der Waals surface area (Å²) in [5.41, 5.74) is 0.553. The number of morpholine rings is 1. The van der Waals surface area contributed by atoms with E-state index in [1.807, 2.05) is 11.8 Å². The highest BCUT2D eigenvalue weighted by atomic mass is 35.5. The van der Waals surface area contributed by atoms with Crippen molar-refractivity contribution in [3.63, 3.8) is 0 Å². The molecule has 0 radical (unpaired) electrons. The summed E-state index contributed by atoms with van der Waals surface area (Å²) >= 11 is 8.28. The van der Waals surface area contributed by atoms with Gasteiger partial charge in [-0.1, -0.05) is 11.6 Å². The van der Waals surface area contributed by atoms with Crippen LogP contribution in [0.1, 0.15) is 10.4 Å². The molecule has 3 rings (SSSR count). The number of halogens is 1. The number of thioether (sulfide) groups is 1. The lowest BCUT2D eigenvalue weighted by Crippen LogP contribution is -2.40. The average Bonchev–Trinajstić information content (AvgIpc) is 2.55. The second-order valence-corrected chi connectivity index (χ2v) is 6.67. The van der Waals surface area contributed by atoms with Crippen LogP contribution >= 0.6 is 23.4 Å². The number of hydrogen-bond donors (Lipinski definition) is 0. The van der Waals surface area contributed by atoms with Crippen molar-refractivity contribution in [1.82, 2.24) is 9.88 Å². The van der Waals surface area contributed by atoms with Crippen LogP contribution in [0.15, 0.2) is 12.3 Å². The lowest BCUT2D eigenvalue weighted by atomic mass is 10.2. The molecule has 2 saturated heterocycles. The van der Waals surface area contributed by atoms with Gasteiger partial charge >= 0.3 is 0 Å². The number of rotatable bonds is 2. The van der Waals surface area contributed by atoms with Crippen molar-refractivity contribution in [2.75, 3.05) is 55.8 Å². The summed E-state index contributed by atoms with van der Waals surface area (Å²) in [5.74, 6) is 2.95. The van der Waals surface area contributed by atoms with Gasteiger partial charge in [-0.05, 0) is 6.07 Å². The highest BCUT2D eigenvalue weighted by Gasteiger charge is 2.21. The molecule has 21 heavy (non-hydrogen) atoms. The van der Waals surface area contributed by atoms with Crippen LogP contribution in [0.4, 0.5) is 5.82 Å². The summed E-state index contributed by atoms with van der Waals surface area (Å²) in [6.07, 6.45) is 1.64. The molecule has 114 valence electrons. The fourth-order valence-corrected chi connectivity index (χ4v) is 3.69. The topological polar surface area (TPSA) is 45.7 Å². The van der Waals surface area contributed by atoms with Crippen molar-refractivity contribution in [3.05, 3.63) is 22.8 Å². The first kappa shape index (κ1) is 14.9. The van der Waals surface area contributed by atoms with Crippen LogP contribution in [-0.2, 0) is 4.74 Å². The molecule has 7 heteroatoms. The minimum Gasteiger partial charge on any atom is -0.378 e. The van der Waals surface area contributed by atoms with Crippen LogP contribution < -0.4 is 4.90 Å². The monoisotopic (exact) mass is 327 g/mol. The number of aromatic nitrogens is 1. The Morgan fingerprint density at radius 3 is 2.62 bits per heavy atom. The third-order valence-corrected chi connectivity index (χ3v) is 4.90. The number of carbonyl (C=O) groups excluding carboxylic acids is 1. The molecule has 1 aromatic rings.